The third-order valence-electron chi connectivity index (χ3n) is 7.76. The number of terminal acetylenes is 1. The van der Waals surface area contributed by atoms with Crippen molar-refractivity contribution >= 4 is 5.78 Å². The minimum Gasteiger partial charge on any atom is -0.392 e. The van der Waals surface area contributed by atoms with Crippen molar-refractivity contribution in [1.82, 2.24) is 0 Å². The highest BCUT2D eigenvalue weighted by molar-refractivity contribution is 6.01. The molecule has 0 heterocycles. The molecule has 3 saturated carbocycles. The van der Waals surface area contributed by atoms with Crippen LogP contribution in [-0.2, 0) is 4.79 Å². The van der Waals surface area contributed by atoms with Gasteiger partial charge in [-0.3, -0.25) is 4.79 Å². The van der Waals surface area contributed by atoms with Crippen molar-refractivity contribution in [3.05, 3.63) is 23.8 Å². The van der Waals surface area contributed by atoms with Gasteiger partial charge in [-0.2, -0.15) is 0 Å². The Kier molecular flexibility index (Phi) is 3.20. The van der Waals surface area contributed by atoms with Gasteiger partial charge >= 0.3 is 0 Å². The summed E-state index contributed by atoms with van der Waals surface area (Å²) in [5.41, 5.74) is 1.43. The fourth-order valence-electron chi connectivity index (χ4n) is 6.51. The lowest BCUT2D eigenvalue weighted by molar-refractivity contribution is -0.111. The molecule has 0 radical (unpaired) electrons. The van der Waals surface area contributed by atoms with Crippen LogP contribution in [0.4, 0.5) is 0 Å². The maximum Gasteiger partial charge on any atom is 0.178 e. The molecule has 0 aromatic heterocycles. The molecule has 0 bridgehead atoms. The summed E-state index contributed by atoms with van der Waals surface area (Å²) in [5.74, 6) is 4.75. The summed E-state index contributed by atoms with van der Waals surface area (Å²) in [6, 6.07) is 0. The lowest BCUT2D eigenvalue weighted by Crippen LogP contribution is -2.49. The molecule has 0 saturated heterocycles. The van der Waals surface area contributed by atoms with Gasteiger partial charge in [0.2, 0.25) is 0 Å². The summed E-state index contributed by atoms with van der Waals surface area (Å²) < 4.78 is 0. The van der Waals surface area contributed by atoms with Gasteiger partial charge < -0.3 is 5.11 Å². The minimum absolute atomic E-state index is 0.00155. The molecule has 2 nitrogen and oxygen atoms in total. The molecular formula is C21H26O2. The molecule has 0 spiro atoms. The average molecular weight is 310 g/mol. The van der Waals surface area contributed by atoms with Gasteiger partial charge in [-0.1, -0.05) is 25.5 Å². The molecule has 7 atom stereocenters. The normalized spacial score (nSPS) is 51.3. The molecule has 23 heavy (non-hydrogen) atoms. The summed E-state index contributed by atoms with van der Waals surface area (Å²) in [6.07, 6.45) is 16.4. The zero-order chi connectivity index (χ0) is 16.4. The molecule has 3 fully saturated rings. The number of hydrogen-bond acceptors (Lipinski definition) is 2. The first-order valence-corrected chi connectivity index (χ1v) is 8.98. The van der Waals surface area contributed by atoms with Crippen LogP contribution in [0.5, 0.6) is 0 Å². The van der Waals surface area contributed by atoms with Gasteiger partial charge in [0.05, 0.1) is 12.0 Å². The van der Waals surface area contributed by atoms with E-state index < -0.39 is 0 Å². The number of aliphatic hydroxyl groups excluding tert-OH is 1. The fraction of sp³-hybridized carbons (Fsp3) is 0.667. The molecule has 0 aliphatic heterocycles. The lowest BCUT2D eigenvalue weighted by atomic mass is 9.48. The van der Waals surface area contributed by atoms with Gasteiger partial charge in [0.15, 0.2) is 5.78 Å². The summed E-state index contributed by atoms with van der Waals surface area (Å²) in [4.78, 5) is 11.8. The molecular weight excluding hydrogens is 284 g/mol. The number of hydrogen-bond donors (Lipinski definition) is 1. The number of carbonyl (C=O) groups is 1. The number of allylic oxidation sites excluding steroid dienone is 4. The second-order valence-electron chi connectivity index (χ2n) is 8.60. The molecule has 1 N–H and O–H groups in total. The number of ketones is 1. The Morgan fingerprint density at radius 1 is 1.30 bits per heavy atom. The van der Waals surface area contributed by atoms with Crippen LogP contribution in [-0.4, -0.2) is 17.0 Å². The highest BCUT2D eigenvalue weighted by Gasteiger charge is 2.60. The smallest absolute Gasteiger partial charge is 0.178 e. The van der Waals surface area contributed by atoms with Gasteiger partial charge in [-0.05, 0) is 67.4 Å². The largest absolute Gasteiger partial charge is 0.392 e. The van der Waals surface area contributed by atoms with E-state index in [2.05, 4.69) is 25.8 Å². The third-order valence-corrected chi connectivity index (χ3v) is 7.76. The number of fused-ring (bicyclic) bond motifs is 5. The SMILES string of the molecule is C#C[C@@H]1[C@H](O)C[C@H]2[C@@H]3CCC4=CC(=O)C=C[C@]4(C)[C@H]3CC[C@]12C. The monoisotopic (exact) mass is 310 g/mol. The van der Waals surface area contributed by atoms with Gasteiger partial charge in [0.1, 0.15) is 0 Å². The molecule has 0 aromatic rings. The van der Waals surface area contributed by atoms with Crippen LogP contribution >= 0.6 is 0 Å². The van der Waals surface area contributed by atoms with Crippen LogP contribution in [0.15, 0.2) is 23.8 Å². The number of rotatable bonds is 0. The van der Waals surface area contributed by atoms with Crippen molar-refractivity contribution < 1.29 is 9.90 Å². The Morgan fingerprint density at radius 3 is 2.83 bits per heavy atom. The van der Waals surface area contributed by atoms with E-state index in [0.717, 1.165) is 32.1 Å². The molecule has 0 unspecified atom stereocenters. The quantitative estimate of drug-likeness (QED) is 0.695. The molecule has 4 aliphatic rings. The number of aliphatic hydroxyl groups is 1. The maximum absolute atomic E-state index is 11.8. The van der Waals surface area contributed by atoms with E-state index in [0.29, 0.717) is 17.8 Å². The average Bonchev–Trinajstić information content (AvgIpc) is 2.77. The molecule has 4 rings (SSSR count). The van der Waals surface area contributed by atoms with Crippen LogP contribution < -0.4 is 0 Å². The summed E-state index contributed by atoms with van der Waals surface area (Å²) in [6.45, 7) is 4.62. The minimum atomic E-state index is -0.345. The van der Waals surface area contributed by atoms with Gasteiger partial charge in [0, 0.05) is 5.41 Å². The van der Waals surface area contributed by atoms with E-state index >= 15 is 0 Å². The standard InChI is InChI=1S/C21H26O2/c1-4-16-19(23)12-18-15-6-5-13-11-14(22)7-9-20(13,2)17(15)8-10-21(16,18)3/h1,7,9,11,15-19,23H,5-6,8,10,12H2,2-3H3/t15-,16-,17+,18+,19-,20+,21-/m1/s1. The predicted molar refractivity (Wildman–Crippen MR) is 90.3 cm³/mol. The second kappa shape index (κ2) is 4.84. The Balaban J connectivity index is 1.71. The van der Waals surface area contributed by atoms with E-state index in [1.54, 1.807) is 6.08 Å². The Hall–Kier alpha value is -1.33. The highest BCUT2D eigenvalue weighted by atomic mass is 16.3. The van der Waals surface area contributed by atoms with Crippen LogP contribution in [0.1, 0.15) is 46.0 Å². The Morgan fingerprint density at radius 2 is 2.09 bits per heavy atom. The maximum atomic E-state index is 11.8. The van der Waals surface area contributed by atoms with Gasteiger partial charge in [-0.15, -0.1) is 12.3 Å². The van der Waals surface area contributed by atoms with Crippen LogP contribution in [0.2, 0.25) is 0 Å². The van der Waals surface area contributed by atoms with Crippen molar-refractivity contribution in [2.75, 3.05) is 0 Å². The van der Waals surface area contributed by atoms with Crippen molar-refractivity contribution in [3.8, 4) is 12.3 Å². The topological polar surface area (TPSA) is 37.3 Å². The zero-order valence-electron chi connectivity index (χ0n) is 14.1. The first-order chi connectivity index (χ1) is 10.9. The predicted octanol–water partition coefficient (Wildman–Crippen LogP) is 3.51. The van der Waals surface area contributed by atoms with E-state index in [-0.39, 0.29) is 28.6 Å². The van der Waals surface area contributed by atoms with Crippen LogP contribution in [0.25, 0.3) is 0 Å². The summed E-state index contributed by atoms with van der Waals surface area (Å²) in [7, 11) is 0. The van der Waals surface area contributed by atoms with Crippen LogP contribution in [0.3, 0.4) is 0 Å². The Bertz CT molecular complexity index is 651. The van der Waals surface area contributed by atoms with Crippen molar-refractivity contribution in [1.29, 1.82) is 0 Å². The molecule has 122 valence electrons. The van der Waals surface area contributed by atoms with E-state index in [4.69, 9.17) is 6.42 Å². The Labute approximate surface area is 139 Å². The molecule has 2 heteroatoms. The molecule has 0 aromatic carbocycles. The zero-order valence-corrected chi connectivity index (χ0v) is 14.1. The van der Waals surface area contributed by atoms with Crippen molar-refractivity contribution in [3.63, 3.8) is 0 Å². The van der Waals surface area contributed by atoms with Crippen molar-refractivity contribution in [2.24, 2.45) is 34.5 Å². The van der Waals surface area contributed by atoms with E-state index in [1.807, 2.05) is 6.08 Å². The molecule has 0 amide bonds. The second-order valence-corrected chi connectivity index (χ2v) is 8.60. The van der Waals surface area contributed by atoms with Gasteiger partial charge in [-0.25, -0.2) is 0 Å². The molecule has 4 aliphatic carbocycles. The number of carbonyl (C=O) groups excluding carboxylic acids is 1. The van der Waals surface area contributed by atoms with Crippen LogP contribution in [0, 0.1) is 46.8 Å². The van der Waals surface area contributed by atoms with Gasteiger partial charge in [0.25, 0.3) is 0 Å². The third kappa shape index (κ3) is 1.89. The van der Waals surface area contributed by atoms with Crippen molar-refractivity contribution in [2.45, 2.75) is 52.1 Å². The fourth-order valence-corrected chi connectivity index (χ4v) is 6.51. The summed E-state index contributed by atoms with van der Waals surface area (Å²) in [5, 5.41) is 10.5. The highest BCUT2D eigenvalue weighted by Crippen LogP contribution is 2.65. The lowest BCUT2D eigenvalue weighted by Gasteiger charge is -2.56. The van der Waals surface area contributed by atoms with E-state index in [9.17, 15) is 9.90 Å². The first kappa shape index (κ1) is 15.2. The summed E-state index contributed by atoms with van der Waals surface area (Å²) >= 11 is 0. The van der Waals surface area contributed by atoms with E-state index in [1.165, 1.54) is 5.57 Å². The first-order valence-electron chi connectivity index (χ1n) is 8.98.